The summed E-state index contributed by atoms with van der Waals surface area (Å²) in [4.78, 5) is 26.1. The Morgan fingerprint density at radius 2 is 2.00 bits per heavy atom. The highest BCUT2D eigenvalue weighted by atomic mass is 19.2. The molecule has 0 saturated heterocycles. The van der Waals surface area contributed by atoms with Crippen LogP contribution >= 0.6 is 0 Å². The predicted octanol–water partition coefficient (Wildman–Crippen LogP) is 2.19. The highest BCUT2D eigenvalue weighted by Gasteiger charge is 2.24. The van der Waals surface area contributed by atoms with Gasteiger partial charge >= 0.3 is 0 Å². The molecule has 104 valence electrons. The highest BCUT2D eigenvalue weighted by Crippen LogP contribution is 2.22. The summed E-state index contributed by atoms with van der Waals surface area (Å²) in [6.07, 6.45) is 0. The molecule has 0 aliphatic heterocycles. The lowest BCUT2D eigenvalue weighted by molar-refractivity contribution is -0.385. The number of nitro benzene ring substituents is 1. The van der Waals surface area contributed by atoms with Gasteiger partial charge in [-0.05, 0) is 12.0 Å². The number of hydrogen-bond acceptors (Lipinski definition) is 4. The first kappa shape index (κ1) is 15.0. The van der Waals surface area contributed by atoms with Gasteiger partial charge in [-0.15, -0.1) is 0 Å². The second-order valence-electron chi connectivity index (χ2n) is 4.18. The van der Waals surface area contributed by atoms with Crippen LogP contribution in [0.25, 0.3) is 0 Å². The molecule has 0 unspecified atom stereocenters. The number of carbonyl (C=O) groups excluding carboxylic acids is 1. The maximum atomic E-state index is 13.0. The lowest BCUT2D eigenvalue weighted by Gasteiger charge is -2.08. The maximum Gasteiger partial charge on any atom is 0.285 e. The van der Waals surface area contributed by atoms with Crippen LogP contribution in [0.1, 0.15) is 24.2 Å². The zero-order chi connectivity index (χ0) is 14.6. The summed E-state index contributed by atoms with van der Waals surface area (Å²) in [5.74, 6) is -3.63. The second kappa shape index (κ2) is 6.19. The number of nitrogens with zero attached hydrogens (tertiary/aromatic N) is 1. The Labute approximate surface area is 107 Å². The van der Waals surface area contributed by atoms with Crippen LogP contribution in [0.3, 0.4) is 0 Å². The van der Waals surface area contributed by atoms with Crippen LogP contribution in [0.15, 0.2) is 12.1 Å². The Hall–Kier alpha value is -2.09. The smallest absolute Gasteiger partial charge is 0.273 e. The average molecular weight is 274 g/mol. The molecule has 8 heteroatoms. The molecule has 0 aromatic heterocycles. The lowest BCUT2D eigenvalue weighted by Crippen LogP contribution is -2.26. The van der Waals surface area contributed by atoms with Crippen LogP contribution in [0.2, 0.25) is 0 Å². The third-order valence-electron chi connectivity index (χ3n) is 2.06. The van der Waals surface area contributed by atoms with Gasteiger partial charge in [-0.2, -0.15) is 0 Å². The number of amides is 1. The molecule has 6 nitrogen and oxygen atoms in total. The van der Waals surface area contributed by atoms with E-state index in [0.717, 1.165) is 0 Å². The Bertz CT molecular complexity index is 506. The summed E-state index contributed by atoms with van der Waals surface area (Å²) in [6.45, 7) is 3.83. The number of halogens is 2. The lowest BCUT2D eigenvalue weighted by atomic mass is 10.1. The number of rotatable bonds is 5. The fourth-order valence-electron chi connectivity index (χ4n) is 1.20. The quantitative estimate of drug-likeness (QED) is 0.659. The van der Waals surface area contributed by atoms with E-state index >= 15 is 0 Å². The molecule has 0 fully saturated rings. The summed E-state index contributed by atoms with van der Waals surface area (Å²) >= 11 is 0. The first-order valence-corrected chi connectivity index (χ1v) is 5.38. The van der Waals surface area contributed by atoms with Gasteiger partial charge in [0.25, 0.3) is 11.6 Å². The number of nitro groups is 1. The normalized spacial score (nSPS) is 10.6. The molecule has 0 spiro atoms. The van der Waals surface area contributed by atoms with Crippen molar-refractivity contribution in [2.75, 3.05) is 6.61 Å². The summed E-state index contributed by atoms with van der Waals surface area (Å²) in [6, 6.07) is 0.814. The number of benzene rings is 1. The van der Waals surface area contributed by atoms with E-state index in [1.165, 1.54) is 0 Å². The van der Waals surface area contributed by atoms with Gasteiger partial charge in [0, 0.05) is 0 Å². The zero-order valence-electron chi connectivity index (χ0n) is 10.3. The standard InChI is InChI=1S/C11H12F2N2O4/c1-6(2)5-19-14-11(16)7-3-8(12)9(13)4-10(7)15(17)18/h3-4,6H,5H2,1-2H3,(H,14,16). The molecule has 0 radical (unpaired) electrons. The molecule has 0 aliphatic carbocycles. The van der Waals surface area contributed by atoms with Gasteiger partial charge in [0.2, 0.25) is 0 Å². The van der Waals surface area contributed by atoms with Crippen LogP contribution < -0.4 is 5.48 Å². The molecule has 0 saturated carbocycles. The number of nitrogens with one attached hydrogen (secondary N) is 1. The van der Waals surface area contributed by atoms with Crippen LogP contribution in [0, 0.1) is 27.7 Å². The van der Waals surface area contributed by atoms with E-state index in [2.05, 4.69) is 0 Å². The molecule has 1 N–H and O–H groups in total. The van der Waals surface area contributed by atoms with Crippen molar-refractivity contribution >= 4 is 11.6 Å². The van der Waals surface area contributed by atoms with Gasteiger partial charge in [0.15, 0.2) is 11.6 Å². The van der Waals surface area contributed by atoms with Crippen molar-refractivity contribution in [3.63, 3.8) is 0 Å². The van der Waals surface area contributed by atoms with Crippen LogP contribution in [-0.4, -0.2) is 17.4 Å². The molecule has 1 aromatic rings. The summed E-state index contributed by atoms with van der Waals surface area (Å²) in [7, 11) is 0. The third-order valence-corrected chi connectivity index (χ3v) is 2.06. The van der Waals surface area contributed by atoms with E-state index in [-0.39, 0.29) is 12.5 Å². The van der Waals surface area contributed by atoms with Gasteiger partial charge in [0.1, 0.15) is 5.56 Å². The summed E-state index contributed by atoms with van der Waals surface area (Å²) in [5, 5.41) is 10.7. The van der Waals surface area contributed by atoms with E-state index in [1.54, 1.807) is 0 Å². The number of hydroxylamine groups is 1. The number of carbonyl (C=O) groups is 1. The molecule has 0 bridgehead atoms. The Morgan fingerprint density at radius 3 is 2.53 bits per heavy atom. The Morgan fingerprint density at radius 1 is 1.42 bits per heavy atom. The van der Waals surface area contributed by atoms with E-state index in [0.29, 0.717) is 12.1 Å². The molecule has 0 aliphatic rings. The van der Waals surface area contributed by atoms with Crippen molar-refractivity contribution < 1.29 is 23.3 Å². The van der Waals surface area contributed by atoms with Crippen LogP contribution in [0.5, 0.6) is 0 Å². The molecular weight excluding hydrogens is 262 g/mol. The van der Waals surface area contributed by atoms with Gasteiger partial charge in [-0.3, -0.25) is 19.7 Å². The minimum Gasteiger partial charge on any atom is -0.273 e. The molecule has 1 aromatic carbocycles. The third kappa shape index (κ3) is 3.95. The van der Waals surface area contributed by atoms with Crippen molar-refractivity contribution in [3.8, 4) is 0 Å². The second-order valence-corrected chi connectivity index (χ2v) is 4.18. The van der Waals surface area contributed by atoms with Crippen LogP contribution in [0.4, 0.5) is 14.5 Å². The average Bonchev–Trinajstić information content (AvgIpc) is 2.31. The monoisotopic (exact) mass is 274 g/mol. The zero-order valence-corrected chi connectivity index (χ0v) is 10.3. The first-order valence-electron chi connectivity index (χ1n) is 5.38. The Kier molecular flexibility index (Phi) is 4.87. The van der Waals surface area contributed by atoms with Crippen molar-refractivity contribution in [2.24, 2.45) is 5.92 Å². The van der Waals surface area contributed by atoms with E-state index < -0.39 is 33.7 Å². The molecule has 1 amide bonds. The first-order chi connectivity index (χ1) is 8.82. The van der Waals surface area contributed by atoms with Crippen molar-refractivity contribution in [1.29, 1.82) is 0 Å². The minimum absolute atomic E-state index is 0.125. The highest BCUT2D eigenvalue weighted by molar-refractivity contribution is 5.97. The Balaban J connectivity index is 2.95. The van der Waals surface area contributed by atoms with E-state index in [1.807, 2.05) is 19.3 Å². The SMILES string of the molecule is CC(C)CONC(=O)c1cc(F)c(F)cc1[N+](=O)[O-]. The van der Waals surface area contributed by atoms with Gasteiger partial charge < -0.3 is 0 Å². The molecule has 1 rings (SSSR count). The van der Waals surface area contributed by atoms with Crippen molar-refractivity contribution in [2.45, 2.75) is 13.8 Å². The molecular formula is C11H12F2N2O4. The van der Waals surface area contributed by atoms with Gasteiger partial charge in [-0.1, -0.05) is 13.8 Å². The predicted molar refractivity (Wildman–Crippen MR) is 61.3 cm³/mol. The fraction of sp³-hybridized carbons (Fsp3) is 0.364. The largest absolute Gasteiger partial charge is 0.285 e. The maximum absolute atomic E-state index is 13.0. The topological polar surface area (TPSA) is 81.5 Å². The van der Waals surface area contributed by atoms with Gasteiger partial charge in [-0.25, -0.2) is 14.3 Å². The fourth-order valence-corrected chi connectivity index (χ4v) is 1.20. The summed E-state index contributed by atoms with van der Waals surface area (Å²) in [5.41, 5.74) is 0.507. The van der Waals surface area contributed by atoms with Crippen LogP contribution in [-0.2, 0) is 4.84 Å². The van der Waals surface area contributed by atoms with Crippen molar-refractivity contribution in [3.05, 3.63) is 39.4 Å². The van der Waals surface area contributed by atoms with E-state index in [9.17, 15) is 23.7 Å². The molecule has 0 heterocycles. The van der Waals surface area contributed by atoms with E-state index in [4.69, 9.17) is 4.84 Å². The minimum atomic E-state index is -1.40. The van der Waals surface area contributed by atoms with Gasteiger partial charge in [0.05, 0.1) is 17.6 Å². The molecule has 19 heavy (non-hydrogen) atoms. The molecule has 0 atom stereocenters. The summed E-state index contributed by atoms with van der Waals surface area (Å²) < 4.78 is 25.9. The number of hydrogen-bond donors (Lipinski definition) is 1. The van der Waals surface area contributed by atoms with Crippen molar-refractivity contribution in [1.82, 2.24) is 5.48 Å².